The second-order valence-electron chi connectivity index (χ2n) is 7.55. The summed E-state index contributed by atoms with van der Waals surface area (Å²) in [6.07, 6.45) is 4.70. The molecule has 4 rings (SSSR count). The van der Waals surface area contributed by atoms with Crippen molar-refractivity contribution in [1.29, 1.82) is 0 Å². The topological polar surface area (TPSA) is 72.7 Å². The van der Waals surface area contributed by atoms with Crippen molar-refractivity contribution in [2.45, 2.75) is 26.8 Å². The number of aromatic nitrogens is 2. The van der Waals surface area contributed by atoms with Gasteiger partial charge >= 0.3 is 0 Å². The largest absolute Gasteiger partial charge is 0.364 e. The maximum atomic E-state index is 4.94. The van der Waals surface area contributed by atoms with Gasteiger partial charge in [-0.15, -0.1) is 0 Å². The molecule has 7 heteroatoms. The van der Waals surface area contributed by atoms with Crippen molar-refractivity contribution in [3.63, 3.8) is 0 Å². The van der Waals surface area contributed by atoms with E-state index in [2.05, 4.69) is 63.5 Å². The number of nitrogens with zero attached hydrogens (tertiary/aromatic N) is 4. The Morgan fingerprint density at radius 2 is 2.10 bits per heavy atom. The van der Waals surface area contributed by atoms with Crippen LogP contribution in [0.15, 0.2) is 46.2 Å². The number of nitrogens with one attached hydrogen (secondary N) is 2. The fourth-order valence-corrected chi connectivity index (χ4v) is 4.02. The van der Waals surface area contributed by atoms with Crippen molar-refractivity contribution < 1.29 is 4.52 Å². The smallest absolute Gasteiger partial charge is 0.194 e. The molecule has 0 unspecified atom stereocenters. The Labute approximate surface area is 171 Å². The van der Waals surface area contributed by atoms with E-state index in [4.69, 9.17) is 9.52 Å². The minimum Gasteiger partial charge on any atom is -0.364 e. The third kappa shape index (κ3) is 4.62. The van der Waals surface area contributed by atoms with Crippen LogP contribution < -0.4 is 5.32 Å². The van der Waals surface area contributed by atoms with Crippen LogP contribution in [0.5, 0.6) is 0 Å². The summed E-state index contributed by atoms with van der Waals surface area (Å²) >= 11 is 0. The van der Waals surface area contributed by atoms with Crippen LogP contribution in [0, 0.1) is 6.92 Å². The molecular formula is C22H30N6O. The van der Waals surface area contributed by atoms with Gasteiger partial charge in [0.2, 0.25) is 0 Å². The Balaban J connectivity index is 1.35. The van der Waals surface area contributed by atoms with Gasteiger partial charge in [0.1, 0.15) is 6.26 Å². The number of aliphatic imine (C=N–C) groups is 1. The first-order valence-corrected chi connectivity index (χ1v) is 10.4. The van der Waals surface area contributed by atoms with Crippen LogP contribution in [0.25, 0.3) is 10.9 Å². The minimum atomic E-state index is 0.781. The van der Waals surface area contributed by atoms with Crippen LogP contribution in [0.2, 0.25) is 0 Å². The van der Waals surface area contributed by atoms with E-state index in [1.165, 1.54) is 22.0 Å². The molecule has 7 nitrogen and oxygen atoms in total. The highest BCUT2D eigenvalue weighted by molar-refractivity contribution is 5.86. The maximum absolute atomic E-state index is 4.94. The summed E-state index contributed by atoms with van der Waals surface area (Å²) < 4.78 is 4.94. The lowest BCUT2D eigenvalue weighted by Crippen LogP contribution is -2.52. The molecule has 0 atom stereocenters. The molecule has 0 spiro atoms. The Bertz CT molecular complexity index is 938. The van der Waals surface area contributed by atoms with Crippen molar-refractivity contribution in [3.8, 4) is 0 Å². The quantitative estimate of drug-likeness (QED) is 0.497. The van der Waals surface area contributed by atoms with E-state index < -0.39 is 0 Å². The van der Waals surface area contributed by atoms with E-state index in [1.54, 1.807) is 6.26 Å². The molecule has 0 aliphatic carbocycles. The summed E-state index contributed by atoms with van der Waals surface area (Å²) in [5, 5.41) is 8.82. The molecular weight excluding hydrogens is 364 g/mol. The molecule has 1 saturated heterocycles. The van der Waals surface area contributed by atoms with Gasteiger partial charge in [-0.25, -0.2) is 0 Å². The van der Waals surface area contributed by atoms with Gasteiger partial charge in [0, 0.05) is 69.0 Å². The lowest BCUT2D eigenvalue weighted by Gasteiger charge is -2.36. The highest BCUT2D eigenvalue weighted by atomic mass is 16.5. The van der Waals surface area contributed by atoms with Crippen LogP contribution in [-0.4, -0.2) is 65.2 Å². The van der Waals surface area contributed by atoms with E-state index in [1.807, 2.05) is 6.07 Å². The Hall–Kier alpha value is -2.80. The molecule has 1 fully saturated rings. The summed E-state index contributed by atoms with van der Waals surface area (Å²) in [7, 11) is 0. The van der Waals surface area contributed by atoms with E-state index in [0.29, 0.717) is 0 Å². The maximum Gasteiger partial charge on any atom is 0.194 e. The molecule has 0 radical (unpaired) electrons. The molecule has 1 aliphatic rings. The van der Waals surface area contributed by atoms with Crippen molar-refractivity contribution in [2.24, 2.45) is 4.99 Å². The van der Waals surface area contributed by atoms with Gasteiger partial charge in [-0.05, 0) is 37.5 Å². The number of aromatic amines is 1. The van der Waals surface area contributed by atoms with E-state index >= 15 is 0 Å². The van der Waals surface area contributed by atoms with Crippen molar-refractivity contribution in [1.82, 2.24) is 25.3 Å². The number of H-pyrrole nitrogens is 1. The van der Waals surface area contributed by atoms with Crippen LogP contribution in [0.4, 0.5) is 0 Å². The number of fused-ring (bicyclic) bond motifs is 1. The molecule has 2 N–H and O–H groups in total. The molecule has 1 aromatic carbocycles. The van der Waals surface area contributed by atoms with E-state index in [9.17, 15) is 0 Å². The van der Waals surface area contributed by atoms with Crippen molar-refractivity contribution in [3.05, 3.63) is 53.5 Å². The normalized spacial score (nSPS) is 15.9. The molecule has 0 saturated carbocycles. The predicted molar refractivity (Wildman–Crippen MR) is 116 cm³/mol. The molecule has 2 aromatic heterocycles. The summed E-state index contributed by atoms with van der Waals surface area (Å²) in [5.74, 6) is 1.02. The SMILES string of the molecule is CCNC(=NCCc1c[nH]c2cccc(C)c12)N1CCN(Cc2ccon2)CC1. The van der Waals surface area contributed by atoms with Crippen LogP contribution in [0.3, 0.4) is 0 Å². The lowest BCUT2D eigenvalue weighted by atomic mass is 10.1. The highest BCUT2D eigenvalue weighted by Crippen LogP contribution is 2.22. The van der Waals surface area contributed by atoms with E-state index in [-0.39, 0.29) is 0 Å². The number of hydrogen-bond acceptors (Lipinski definition) is 4. The van der Waals surface area contributed by atoms with Crippen LogP contribution >= 0.6 is 0 Å². The minimum absolute atomic E-state index is 0.781. The van der Waals surface area contributed by atoms with Gasteiger partial charge in [0.15, 0.2) is 5.96 Å². The number of piperazine rings is 1. The second kappa shape index (κ2) is 9.13. The second-order valence-corrected chi connectivity index (χ2v) is 7.55. The molecule has 1 aliphatic heterocycles. The molecule has 0 bridgehead atoms. The Kier molecular flexibility index (Phi) is 6.14. The monoisotopic (exact) mass is 394 g/mol. The highest BCUT2D eigenvalue weighted by Gasteiger charge is 2.20. The summed E-state index contributed by atoms with van der Waals surface area (Å²) in [6, 6.07) is 8.34. The van der Waals surface area contributed by atoms with Gasteiger partial charge in [0.25, 0.3) is 0 Å². The third-order valence-electron chi connectivity index (χ3n) is 5.52. The fraction of sp³-hybridized carbons (Fsp3) is 0.455. The van der Waals surface area contributed by atoms with Crippen LogP contribution in [0.1, 0.15) is 23.7 Å². The first kappa shape index (κ1) is 19.5. The number of hydrogen-bond donors (Lipinski definition) is 2. The molecule has 3 aromatic rings. The van der Waals surface area contributed by atoms with E-state index in [0.717, 1.165) is 63.9 Å². The number of benzene rings is 1. The number of rotatable bonds is 6. The van der Waals surface area contributed by atoms with Crippen molar-refractivity contribution >= 4 is 16.9 Å². The van der Waals surface area contributed by atoms with Gasteiger partial charge in [0.05, 0.1) is 5.69 Å². The van der Waals surface area contributed by atoms with Gasteiger partial charge in [-0.3, -0.25) is 9.89 Å². The lowest BCUT2D eigenvalue weighted by molar-refractivity contribution is 0.169. The van der Waals surface area contributed by atoms with Crippen LogP contribution in [-0.2, 0) is 13.0 Å². The molecule has 3 heterocycles. The number of aryl methyl sites for hydroxylation is 1. The Morgan fingerprint density at radius 1 is 1.24 bits per heavy atom. The predicted octanol–water partition coefficient (Wildman–Crippen LogP) is 2.79. The molecule has 29 heavy (non-hydrogen) atoms. The standard InChI is InChI=1S/C22H30N6O/c1-3-23-22(28-12-10-27(11-13-28)16-19-8-14-29-26-19)24-9-7-18-15-25-20-6-4-5-17(2)21(18)20/h4-6,8,14-15,25H,3,7,9-13,16H2,1-2H3,(H,23,24). The van der Waals surface area contributed by atoms with Gasteiger partial charge in [-0.1, -0.05) is 17.3 Å². The van der Waals surface area contributed by atoms with Crippen molar-refractivity contribution in [2.75, 3.05) is 39.3 Å². The first-order valence-electron chi connectivity index (χ1n) is 10.4. The Morgan fingerprint density at radius 3 is 2.86 bits per heavy atom. The average Bonchev–Trinajstić information content (AvgIpc) is 3.39. The summed E-state index contributed by atoms with van der Waals surface area (Å²) in [6.45, 7) is 10.7. The fourth-order valence-electron chi connectivity index (χ4n) is 4.02. The molecule has 154 valence electrons. The first-order chi connectivity index (χ1) is 14.2. The number of guanidine groups is 1. The zero-order valence-corrected chi connectivity index (χ0v) is 17.3. The zero-order chi connectivity index (χ0) is 20.1. The van der Waals surface area contributed by atoms with Gasteiger partial charge in [-0.2, -0.15) is 0 Å². The average molecular weight is 395 g/mol. The van der Waals surface area contributed by atoms with Gasteiger partial charge < -0.3 is 19.7 Å². The summed E-state index contributed by atoms with van der Waals surface area (Å²) in [4.78, 5) is 13.1. The summed E-state index contributed by atoms with van der Waals surface area (Å²) in [5.41, 5.74) is 4.86. The third-order valence-corrected chi connectivity index (χ3v) is 5.52. The molecule has 0 amide bonds. The zero-order valence-electron chi connectivity index (χ0n) is 17.3.